The first-order valence-electron chi connectivity index (χ1n) is 6.38. The number of hydrogen-bond donors (Lipinski definition) is 1. The van der Waals surface area contributed by atoms with Crippen molar-refractivity contribution in [3.8, 4) is 0 Å². The van der Waals surface area contributed by atoms with Crippen LogP contribution in [0.4, 0.5) is 0 Å². The molecule has 0 radical (unpaired) electrons. The van der Waals surface area contributed by atoms with Crippen molar-refractivity contribution in [2.75, 3.05) is 0 Å². The van der Waals surface area contributed by atoms with Crippen molar-refractivity contribution in [2.24, 2.45) is 0 Å². The summed E-state index contributed by atoms with van der Waals surface area (Å²) in [5, 5.41) is 8.40. The second-order valence-corrected chi connectivity index (χ2v) is 4.21. The van der Waals surface area contributed by atoms with E-state index in [0.717, 1.165) is 25.7 Å². The van der Waals surface area contributed by atoms with Crippen LogP contribution >= 0.6 is 0 Å². The maximum Gasteiger partial charge on any atom is 2.00 e. The van der Waals surface area contributed by atoms with E-state index in [9.17, 15) is 4.79 Å². The van der Waals surface area contributed by atoms with E-state index in [1.165, 1.54) is 5.56 Å². The molecule has 0 saturated carbocycles. The molecule has 0 heterocycles. The van der Waals surface area contributed by atoms with Crippen LogP contribution in [0.1, 0.15) is 31.2 Å². The SMILES string of the molecule is O=C(O)CCCCC[c-]1cccc1.[Fe+2].c1cc[cH-]c1. The summed E-state index contributed by atoms with van der Waals surface area (Å²) in [5.41, 5.74) is 1.36. The van der Waals surface area contributed by atoms with Gasteiger partial charge in [-0.05, 0) is 6.42 Å². The van der Waals surface area contributed by atoms with E-state index in [1.807, 2.05) is 42.5 Å². The Kier molecular flexibility index (Phi) is 11.0. The summed E-state index contributed by atoms with van der Waals surface area (Å²) in [7, 11) is 0. The van der Waals surface area contributed by atoms with E-state index in [0.29, 0.717) is 6.42 Å². The second kappa shape index (κ2) is 11.8. The Morgan fingerprint density at radius 2 is 1.63 bits per heavy atom. The Hall–Kier alpha value is -1.31. The number of carbonyl (C=O) groups is 1. The zero-order chi connectivity index (χ0) is 13.1. The molecule has 0 aliphatic carbocycles. The molecule has 0 amide bonds. The third kappa shape index (κ3) is 10.3. The van der Waals surface area contributed by atoms with Gasteiger partial charge in [-0.1, -0.05) is 19.3 Å². The van der Waals surface area contributed by atoms with E-state index in [1.54, 1.807) is 0 Å². The molecule has 104 valence electrons. The molecule has 0 bridgehead atoms. The Bertz CT molecular complexity index is 373. The van der Waals surface area contributed by atoms with Crippen LogP contribution in [0.5, 0.6) is 0 Å². The topological polar surface area (TPSA) is 37.3 Å². The molecule has 0 fully saturated rings. The van der Waals surface area contributed by atoms with Crippen LogP contribution in [-0.4, -0.2) is 11.1 Å². The summed E-state index contributed by atoms with van der Waals surface area (Å²) >= 11 is 0. The summed E-state index contributed by atoms with van der Waals surface area (Å²) in [6.07, 6.45) is 4.29. The predicted molar refractivity (Wildman–Crippen MR) is 73.9 cm³/mol. The van der Waals surface area contributed by atoms with Gasteiger partial charge in [0.25, 0.3) is 0 Å². The van der Waals surface area contributed by atoms with Crippen molar-refractivity contribution in [1.29, 1.82) is 0 Å². The molecule has 0 saturated heterocycles. The van der Waals surface area contributed by atoms with Crippen LogP contribution in [0.2, 0.25) is 0 Å². The van der Waals surface area contributed by atoms with E-state index in [2.05, 4.69) is 12.1 Å². The van der Waals surface area contributed by atoms with Gasteiger partial charge >= 0.3 is 23.0 Å². The van der Waals surface area contributed by atoms with Gasteiger partial charge in [0, 0.05) is 6.42 Å². The monoisotopic (exact) mass is 300 g/mol. The molecule has 0 aliphatic heterocycles. The Morgan fingerprint density at radius 1 is 1.00 bits per heavy atom. The summed E-state index contributed by atoms with van der Waals surface area (Å²) in [6.45, 7) is 0. The summed E-state index contributed by atoms with van der Waals surface area (Å²) in [5.74, 6) is -0.687. The first kappa shape index (κ1) is 17.7. The van der Waals surface area contributed by atoms with Crippen LogP contribution in [0, 0.1) is 0 Å². The van der Waals surface area contributed by atoms with Crippen LogP contribution < -0.4 is 0 Å². The fraction of sp³-hybridized carbons (Fsp3) is 0.312. The Labute approximate surface area is 125 Å². The Balaban J connectivity index is 0.000000454. The molecule has 0 atom stereocenters. The van der Waals surface area contributed by atoms with Crippen molar-refractivity contribution in [2.45, 2.75) is 32.1 Å². The van der Waals surface area contributed by atoms with Gasteiger partial charge < -0.3 is 5.11 Å². The summed E-state index contributed by atoms with van der Waals surface area (Å²) < 4.78 is 0. The van der Waals surface area contributed by atoms with Crippen LogP contribution in [0.3, 0.4) is 0 Å². The molecule has 3 heteroatoms. The molecule has 19 heavy (non-hydrogen) atoms. The maximum atomic E-state index is 10.2. The number of rotatable bonds is 6. The van der Waals surface area contributed by atoms with Gasteiger partial charge in [-0.15, -0.1) is 0 Å². The van der Waals surface area contributed by atoms with E-state index in [4.69, 9.17) is 5.11 Å². The third-order valence-electron chi connectivity index (χ3n) is 2.64. The maximum absolute atomic E-state index is 10.2. The number of carboxylic acid groups (broad SMARTS) is 1. The van der Waals surface area contributed by atoms with Crippen molar-refractivity contribution >= 4 is 5.97 Å². The van der Waals surface area contributed by atoms with Crippen molar-refractivity contribution in [1.82, 2.24) is 0 Å². The van der Waals surface area contributed by atoms with Gasteiger partial charge in [-0.3, -0.25) is 4.79 Å². The van der Waals surface area contributed by atoms with Crippen molar-refractivity contribution in [3.63, 3.8) is 0 Å². The van der Waals surface area contributed by atoms with Crippen molar-refractivity contribution in [3.05, 3.63) is 60.2 Å². The van der Waals surface area contributed by atoms with Gasteiger partial charge in [-0.25, -0.2) is 24.3 Å². The molecule has 1 N–H and O–H groups in total. The standard InChI is InChI=1S/C11H15O2.C5H5.Fe/c12-11(13)9-3-1-2-6-10-7-4-5-8-10;1-2-4-5-3-1;/h4-5,7-8H,1-3,6,9H2,(H,12,13);1-5H;/q2*-1;+2. The smallest absolute Gasteiger partial charge is 0.481 e. The number of carboxylic acids is 1. The number of aliphatic carboxylic acids is 1. The fourth-order valence-electron chi connectivity index (χ4n) is 1.68. The van der Waals surface area contributed by atoms with Crippen molar-refractivity contribution < 1.29 is 27.0 Å². The zero-order valence-corrected chi connectivity index (χ0v) is 12.0. The molecule has 0 aromatic heterocycles. The van der Waals surface area contributed by atoms with E-state index < -0.39 is 5.97 Å². The molecule has 0 aliphatic rings. The second-order valence-electron chi connectivity index (χ2n) is 4.21. The largest absolute Gasteiger partial charge is 2.00 e. The fourth-order valence-corrected chi connectivity index (χ4v) is 1.68. The third-order valence-corrected chi connectivity index (χ3v) is 2.64. The molecule has 2 rings (SSSR count). The zero-order valence-electron chi connectivity index (χ0n) is 10.9. The summed E-state index contributed by atoms with van der Waals surface area (Å²) in [4.78, 5) is 10.2. The minimum Gasteiger partial charge on any atom is -0.481 e. The molecular weight excluding hydrogens is 280 g/mol. The molecular formula is C16H20FeO2. The quantitative estimate of drug-likeness (QED) is 0.497. The van der Waals surface area contributed by atoms with E-state index in [-0.39, 0.29) is 17.1 Å². The minimum absolute atomic E-state index is 0. The van der Waals surface area contributed by atoms with Gasteiger partial charge in [0.1, 0.15) is 0 Å². The summed E-state index contributed by atoms with van der Waals surface area (Å²) in [6, 6.07) is 18.3. The minimum atomic E-state index is -0.687. The average Bonchev–Trinajstić information content (AvgIpc) is 3.04. The van der Waals surface area contributed by atoms with Gasteiger partial charge in [0.2, 0.25) is 0 Å². The van der Waals surface area contributed by atoms with Gasteiger partial charge in [-0.2, -0.15) is 35.9 Å². The molecule has 0 unspecified atom stereocenters. The predicted octanol–water partition coefficient (Wildman–Crippen LogP) is 4.00. The molecule has 2 aromatic carbocycles. The number of unbranched alkanes of at least 4 members (excludes halogenated alkanes) is 2. The first-order valence-corrected chi connectivity index (χ1v) is 6.38. The molecule has 2 aromatic rings. The van der Waals surface area contributed by atoms with Crippen LogP contribution in [-0.2, 0) is 28.3 Å². The first-order chi connectivity index (χ1) is 8.79. The van der Waals surface area contributed by atoms with Gasteiger partial charge in [0.05, 0.1) is 0 Å². The average molecular weight is 300 g/mol. The van der Waals surface area contributed by atoms with Crippen LogP contribution in [0.25, 0.3) is 0 Å². The normalized spacial score (nSPS) is 9.05. The number of aryl methyl sites for hydroxylation is 1. The van der Waals surface area contributed by atoms with Crippen LogP contribution in [0.15, 0.2) is 54.6 Å². The Morgan fingerprint density at radius 3 is 2.11 bits per heavy atom. The van der Waals surface area contributed by atoms with E-state index >= 15 is 0 Å². The van der Waals surface area contributed by atoms with Gasteiger partial charge in [0.15, 0.2) is 0 Å². The molecule has 0 spiro atoms. The number of hydrogen-bond acceptors (Lipinski definition) is 1. The molecule has 2 nitrogen and oxygen atoms in total.